The van der Waals surface area contributed by atoms with Crippen LogP contribution >= 0.6 is 0 Å². The number of ether oxygens (including phenoxy) is 6. The molecule has 0 saturated heterocycles. The minimum Gasteiger partial charge on any atom is -0.494 e. The number of carbonyl (C=O) groups excluding carboxylic acids is 4. The molecule has 410 valence electrons. The molecule has 1 unspecified atom stereocenters. The van der Waals surface area contributed by atoms with Crippen molar-refractivity contribution >= 4 is 41.3 Å². The van der Waals surface area contributed by atoms with Crippen LogP contribution in [0.3, 0.4) is 0 Å². The standard InChI is InChI=1S/C63H83N3O10/c1-45(2)55(59(69)74-39-21-38-72-54-30-26-51(27-31-54)65-66-52-42-49(61(4,5)6)41-50(43-52)62(7,8)9)44-63(10,11)60(70)75-36-19-17-15-13-12-14-16-18-35-71-53-28-24-48(25-29-53)58(68)76-56-32-22-47(40-46(56)3)23-33-57(67)73-37-20-34-64/h22-33,40-43,45,55H,12-21,35-39,44H2,1-11H3/b33-23+,66-65?. The first-order valence-electron chi connectivity index (χ1n) is 27.0. The van der Waals surface area contributed by atoms with Gasteiger partial charge >= 0.3 is 23.9 Å². The van der Waals surface area contributed by atoms with Crippen molar-refractivity contribution in [3.63, 3.8) is 0 Å². The number of nitriles is 1. The van der Waals surface area contributed by atoms with Gasteiger partial charge < -0.3 is 28.4 Å². The molecule has 1 atom stereocenters. The van der Waals surface area contributed by atoms with Gasteiger partial charge in [-0.1, -0.05) is 106 Å². The van der Waals surface area contributed by atoms with Crippen molar-refractivity contribution in [3.05, 3.63) is 119 Å². The van der Waals surface area contributed by atoms with Crippen molar-refractivity contribution in [2.45, 2.75) is 158 Å². The molecule has 13 heteroatoms. The zero-order valence-corrected chi connectivity index (χ0v) is 47.1. The predicted molar refractivity (Wildman–Crippen MR) is 298 cm³/mol. The monoisotopic (exact) mass is 1040 g/mol. The highest BCUT2D eigenvalue weighted by molar-refractivity contribution is 5.91. The fourth-order valence-corrected chi connectivity index (χ4v) is 7.97. The Bertz CT molecular complexity index is 2550. The van der Waals surface area contributed by atoms with E-state index in [4.69, 9.17) is 33.7 Å². The summed E-state index contributed by atoms with van der Waals surface area (Å²) < 4.78 is 33.8. The predicted octanol–water partition coefficient (Wildman–Crippen LogP) is 15.4. The van der Waals surface area contributed by atoms with E-state index in [0.29, 0.717) is 55.5 Å². The van der Waals surface area contributed by atoms with Crippen molar-refractivity contribution in [1.82, 2.24) is 0 Å². The van der Waals surface area contributed by atoms with E-state index in [1.807, 2.05) is 65.0 Å². The fraction of sp³-hybridized carbons (Fsp3) is 0.508. The van der Waals surface area contributed by atoms with E-state index in [1.54, 1.807) is 48.5 Å². The normalized spacial score (nSPS) is 12.4. The first-order chi connectivity index (χ1) is 36.0. The van der Waals surface area contributed by atoms with Crippen LogP contribution in [0.15, 0.2) is 101 Å². The second-order valence-electron chi connectivity index (χ2n) is 22.4. The Labute approximate surface area is 452 Å². The van der Waals surface area contributed by atoms with Gasteiger partial charge in [0.15, 0.2) is 0 Å². The number of aryl methyl sites for hydroxylation is 1. The van der Waals surface area contributed by atoms with Gasteiger partial charge in [0.1, 0.15) is 23.9 Å². The molecule has 4 aromatic carbocycles. The largest absolute Gasteiger partial charge is 0.494 e. The van der Waals surface area contributed by atoms with Crippen LogP contribution < -0.4 is 14.2 Å². The number of nitrogens with zero attached hydrogens (tertiary/aromatic N) is 3. The molecule has 0 aliphatic rings. The highest BCUT2D eigenvalue weighted by atomic mass is 16.5. The lowest BCUT2D eigenvalue weighted by Gasteiger charge is -2.29. The zero-order valence-electron chi connectivity index (χ0n) is 47.1. The summed E-state index contributed by atoms with van der Waals surface area (Å²) in [6, 6.07) is 27.9. The van der Waals surface area contributed by atoms with E-state index in [1.165, 1.54) is 17.2 Å². The third kappa shape index (κ3) is 22.2. The van der Waals surface area contributed by atoms with Gasteiger partial charge in [-0.2, -0.15) is 15.5 Å². The maximum absolute atomic E-state index is 13.2. The van der Waals surface area contributed by atoms with E-state index in [0.717, 1.165) is 73.9 Å². The number of unbranched alkanes of at least 4 members (excludes halogenated alkanes) is 7. The van der Waals surface area contributed by atoms with E-state index in [-0.39, 0.29) is 48.3 Å². The third-order valence-electron chi connectivity index (χ3n) is 12.9. The smallest absolute Gasteiger partial charge is 0.343 e. The van der Waals surface area contributed by atoms with Crippen molar-refractivity contribution in [2.24, 2.45) is 27.5 Å². The molecule has 0 radical (unpaired) electrons. The molecule has 0 N–H and O–H groups in total. The third-order valence-corrected chi connectivity index (χ3v) is 12.9. The highest BCUT2D eigenvalue weighted by Gasteiger charge is 2.37. The Morgan fingerprint density at radius 3 is 1.71 bits per heavy atom. The average Bonchev–Trinajstić information content (AvgIpc) is 3.37. The summed E-state index contributed by atoms with van der Waals surface area (Å²) >= 11 is 0. The number of esters is 4. The summed E-state index contributed by atoms with van der Waals surface area (Å²) in [4.78, 5) is 51.0. The van der Waals surface area contributed by atoms with E-state index in [2.05, 4.69) is 70.0 Å². The van der Waals surface area contributed by atoms with Crippen molar-refractivity contribution in [1.29, 1.82) is 5.26 Å². The molecule has 0 spiro atoms. The summed E-state index contributed by atoms with van der Waals surface area (Å²) in [6.45, 7) is 24.2. The van der Waals surface area contributed by atoms with Gasteiger partial charge in [-0.25, -0.2) is 9.59 Å². The molecular formula is C63H83N3O10. The maximum atomic E-state index is 13.2. The molecule has 0 fully saturated rings. The summed E-state index contributed by atoms with van der Waals surface area (Å²) in [6.07, 6.45) is 12.0. The summed E-state index contributed by atoms with van der Waals surface area (Å²) in [5.41, 5.74) is 5.00. The molecule has 0 bridgehead atoms. The Hall–Kier alpha value is -6.81. The molecule has 13 nitrogen and oxygen atoms in total. The minimum absolute atomic E-state index is 0.00913. The zero-order chi connectivity index (χ0) is 55.7. The quantitative estimate of drug-likeness (QED) is 0.0121. The molecule has 0 aliphatic heterocycles. The molecular weight excluding hydrogens is 959 g/mol. The Balaban J connectivity index is 1.03. The van der Waals surface area contributed by atoms with Gasteiger partial charge in [0.2, 0.25) is 0 Å². The molecule has 76 heavy (non-hydrogen) atoms. The second-order valence-corrected chi connectivity index (χ2v) is 22.4. The Kier molecular flexibility index (Phi) is 24.9. The van der Waals surface area contributed by atoms with Crippen molar-refractivity contribution in [3.8, 4) is 23.3 Å². The molecule has 4 rings (SSSR count). The molecule has 0 heterocycles. The average molecular weight is 1040 g/mol. The Morgan fingerprint density at radius 1 is 0.605 bits per heavy atom. The first-order valence-corrected chi connectivity index (χ1v) is 27.0. The van der Waals surface area contributed by atoms with Crippen LogP contribution in [-0.2, 0) is 39.4 Å². The molecule has 0 aliphatic carbocycles. The number of benzene rings is 4. The topological polar surface area (TPSA) is 172 Å². The van der Waals surface area contributed by atoms with Crippen molar-refractivity contribution in [2.75, 3.05) is 33.0 Å². The second kappa shape index (κ2) is 30.7. The van der Waals surface area contributed by atoms with Crippen LogP contribution in [0.25, 0.3) is 6.08 Å². The SMILES string of the molecule is Cc1cc(/C=C/C(=O)OCCC#N)ccc1OC(=O)c1ccc(OCCCCCCCCCCOC(=O)C(C)(C)CC(C(=O)OCCCOc2ccc(N=Nc3cc(C(C)(C)C)cc(C(C)(C)C)c3)cc2)C(C)C)cc1. The van der Waals surface area contributed by atoms with Gasteiger partial charge in [0, 0.05) is 12.5 Å². The summed E-state index contributed by atoms with van der Waals surface area (Å²) in [5.74, 6) is -0.296. The fourth-order valence-electron chi connectivity index (χ4n) is 7.97. The van der Waals surface area contributed by atoms with Crippen LogP contribution in [0, 0.1) is 35.5 Å². The van der Waals surface area contributed by atoms with Gasteiger partial charge in [0.05, 0.1) is 67.2 Å². The minimum atomic E-state index is -0.841. The van der Waals surface area contributed by atoms with Crippen LogP contribution in [-0.4, -0.2) is 56.9 Å². The van der Waals surface area contributed by atoms with E-state index < -0.39 is 23.3 Å². The number of hydrogen-bond acceptors (Lipinski definition) is 13. The first kappa shape index (κ1) is 61.7. The van der Waals surface area contributed by atoms with E-state index >= 15 is 0 Å². The molecule has 0 amide bonds. The molecule has 0 saturated carbocycles. The lowest BCUT2D eigenvalue weighted by Crippen LogP contribution is -2.34. The number of carbonyl (C=O) groups is 4. The van der Waals surface area contributed by atoms with Crippen LogP contribution in [0.4, 0.5) is 11.4 Å². The van der Waals surface area contributed by atoms with Crippen LogP contribution in [0.1, 0.15) is 172 Å². The molecule has 4 aromatic rings. The van der Waals surface area contributed by atoms with Crippen molar-refractivity contribution < 1.29 is 47.6 Å². The van der Waals surface area contributed by atoms with Gasteiger partial charge in [-0.05, 0) is 158 Å². The van der Waals surface area contributed by atoms with E-state index in [9.17, 15) is 19.2 Å². The number of rotatable bonds is 30. The van der Waals surface area contributed by atoms with Crippen LogP contribution in [0.2, 0.25) is 0 Å². The highest BCUT2D eigenvalue weighted by Crippen LogP contribution is 2.35. The Morgan fingerprint density at radius 2 is 1.14 bits per heavy atom. The van der Waals surface area contributed by atoms with Gasteiger partial charge in [-0.3, -0.25) is 9.59 Å². The van der Waals surface area contributed by atoms with Gasteiger partial charge in [-0.15, -0.1) is 0 Å². The number of hydrogen-bond donors (Lipinski definition) is 0. The maximum Gasteiger partial charge on any atom is 0.343 e. The number of azo groups is 1. The molecule has 0 aromatic heterocycles. The van der Waals surface area contributed by atoms with Crippen LogP contribution in [0.5, 0.6) is 17.2 Å². The summed E-state index contributed by atoms with van der Waals surface area (Å²) in [5, 5.41) is 17.6. The summed E-state index contributed by atoms with van der Waals surface area (Å²) in [7, 11) is 0. The lowest BCUT2D eigenvalue weighted by atomic mass is 9.78. The van der Waals surface area contributed by atoms with Gasteiger partial charge in [0.25, 0.3) is 0 Å². The lowest BCUT2D eigenvalue weighted by molar-refractivity contribution is -0.159.